The number of pyridine rings is 1. The van der Waals surface area contributed by atoms with Crippen LogP contribution in [0.4, 0.5) is 10.2 Å². The molecular formula is C16H21FN4. The first kappa shape index (κ1) is 15.4. The molecule has 2 heterocycles. The largest absolute Gasteiger partial charge is 0.370 e. The Morgan fingerprint density at radius 1 is 1.19 bits per heavy atom. The van der Waals surface area contributed by atoms with Crippen LogP contribution in [-0.2, 0) is 5.41 Å². The first-order valence-electron chi connectivity index (χ1n) is 7.07. The van der Waals surface area contributed by atoms with Gasteiger partial charge in [0.05, 0.1) is 11.9 Å². The van der Waals surface area contributed by atoms with Crippen molar-refractivity contribution in [2.75, 3.05) is 11.9 Å². The van der Waals surface area contributed by atoms with Crippen LogP contribution in [-0.4, -0.2) is 21.5 Å². The SMILES string of the molecule is CCNc1nc(C(C)(C)C)nc(-c2cncc(F)c2)c1C. The second-order valence-corrected chi connectivity index (χ2v) is 6.04. The number of rotatable bonds is 3. The van der Waals surface area contributed by atoms with Gasteiger partial charge in [0, 0.05) is 29.3 Å². The zero-order valence-corrected chi connectivity index (χ0v) is 13.2. The maximum Gasteiger partial charge on any atom is 0.142 e. The van der Waals surface area contributed by atoms with Crippen LogP contribution in [0.3, 0.4) is 0 Å². The summed E-state index contributed by atoms with van der Waals surface area (Å²) in [5.74, 6) is 1.15. The molecule has 0 saturated carbocycles. The van der Waals surface area contributed by atoms with E-state index in [-0.39, 0.29) is 11.2 Å². The molecule has 0 saturated heterocycles. The van der Waals surface area contributed by atoms with Crippen molar-refractivity contribution < 1.29 is 4.39 Å². The number of nitrogens with one attached hydrogen (secondary N) is 1. The maximum absolute atomic E-state index is 13.4. The normalized spacial score (nSPS) is 11.5. The third kappa shape index (κ3) is 3.35. The van der Waals surface area contributed by atoms with Gasteiger partial charge in [-0.3, -0.25) is 4.98 Å². The van der Waals surface area contributed by atoms with Gasteiger partial charge in [-0.25, -0.2) is 14.4 Å². The average molecular weight is 288 g/mol. The van der Waals surface area contributed by atoms with E-state index in [0.717, 1.165) is 29.4 Å². The molecule has 1 N–H and O–H groups in total. The van der Waals surface area contributed by atoms with E-state index < -0.39 is 0 Å². The molecule has 0 radical (unpaired) electrons. The van der Waals surface area contributed by atoms with Gasteiger partial charge in [-0.05, 0) is 19.9 Å². The fourth-order valence-electron chi connectivity index (χ4n) is 2.01. The van der Waals surface area contributed by atoms with Crippen molar-refractivity contribution in [1.82, 2.24) is 15.0 Å². The molecule has 112 valence electrons. The molecule has 4 nitrogen and oxygen atoms in total. The highest BCUT2D eigenvalue weighted by Crippen LogP contribution is 2.29. The minimum Gasteiger partial charge on any atom is -0.370 e. The summed E-state index contributed by atoms with van der Waals surface area (Å²) in [6.45, 7) is 10.9. The Kier molecular flexibility index (Phi) is 4.21. The van der Waals surface area contributed by atoms with Crippen LogP contribution in [0.2, 0.25) is 0 Å². The number of nitrogens with zero attached hydrogens (tertiary/aromatic N) is 3. The highest BCUT2D eigenvalue weighted by molar-refractivity contribution is 5.67. The van der Waals surface area contributed by atoms with E-state index in [9.17, 15) is 4.39 Å². The third-order valence-electron chi connectivity index (χ3n) is 3.14. The molecule has 0 aliphatic carbocycles. The molecule has 0 amide bonds. The molecule has 2 aromatic heterocycles. The Morgan fingerprint density at radius 2 is 1.90 bits per heavy atom. The first-order chi connectivity index (χ1) is 9.82. The van der Waals surface area contributed by atoms with Gasteiger partial charge in [-0.15, -0.1) is 0 Å². The molecule has 0 aliphatic rings. The van der Waals surface area contributed by atoms with Crippen LogP contribution >= 0.6 is 0 Å². The minimum absolute atomic E-state index is 0.187. The van der Waals surface area contributed by atoms with Gasteiger partial charge >= 0.3 is 0 Å². The van der Waals surface area contributed by atoms with Crippen molar-refractivity contribution in [2.24, 2.45) is 0 Å². The second kappa shape index (κ2) is 5.76. The Bertz CT molecular complexity index is 647. The zero-order chi connectivity index (χ0) is 15.6. The predicted molar refractivity (Wildman–Crippen MR) is 82.8 cm³/mol. The predicted octanol–water partition coefficient (Wildman–Crippen LogP) is 3.72. The minimum atomic E-state index is -0.368. The molecule has 0 unspecified atom stereocenters. The monoisotopic (exact) mass is 288 g/mol. The molecular weight excluding hydrogens is 267 g/mol. The molecule has 21 heavy (non-hydrogen) atoms. The smallest absolute Gasteiger partial charge is 0.142 e. The molecule has 2 aromatic rings. The van der Waals surface area contributed by atoms with E-state index in [1.807, 2.05) is 13.8 Å². The molecule has 0 aliphatic heterocycles. The van der Waals surface area contributed by atoms with Crippen LogP contribution in [0.15, 0.2) is 18.5 Å². The summed E-state index contributed by atoms with van der Waals surface area (Å²) < 4.78 is 13.4. The summed E-state index contributed by atoms with van der Waals surface area (Å²) in [4.78, 5) is 13.2. The van der Waals surface area contributed by atoms with Crippen molar-refractivity contribution in [3.63, 3.8) is 0 Å². The summed E-state index contributed by atoms with van der Waals surface area (Å²) in [6, 6.07) is 1.45. The Labute approximate surface area is 124 Å². The van der Waals surface area contributed by atoms with Crippen molar-refractivity contribution in [2.45, 2.75) is 40.0 Å². The highest BCUT2D eigenvalue weighted by atomic mass is 19.1. The molecule has 0 spiro atoms. The van der Waals surface area contributed by atoms with Gasteiger partial charge in [0.15, 0.2) is 0 Å². The van der Waals surface area contributed by atoms with Gasteiger partial charge in [-0.1, -0.05) is 20.8 Å². The fraction of sp³-hybridized carbons (Fsp3) is 0.438. The molecule has 0 fully saturated rings. The Morgan fingerprint density at radius 3 is 2.48 bits per heavy atom. The van der Waals surface area contributed by atoms with Gasteiger partial charge in [-0.2, -0.15) is 0 Å². The van der Waals surface area contributed by atoms with E-state index in [1.54, 1.807) is 6.20 Å². The summed E-state index contributed by atoms with van der Waals surface area (Å²) in [5.41, 5.74) is 2.10. The van der Waals surface area contributed by atoms with Gasteiger partial charge in [0.2, 0.25) is 0 Å². The molecule has 5 heteroatoms. The number of aromatic nitrogens is 3. The van der Waals surface area contributed by atoms with Gasteiger partial charge in [0.25, 0.3) is 0 Å². The van der Waals surface area contributed by atoms with Crippen LogP contribution < -0.4 is 5.32 Å². The quantitative estimate of drug-likeness (QED) is 0.935. The summed E-state index contributed by atoms with van der Waals surface area (Å²) in [5, 5.41) is 3.25. The summed E-state index contributed by atoms with van der Waals surface area (Å²) >= 11 is 0. The lowest BCUT2D eigenvalue weighted by atomic mass is 9.95. The number of hydrogen-bond donors (Lipinski definition) is 1. The van der Waals surface area contributed by atoms with Crippen molar-refractivity contribution in [1.29, 1.82) is 0 Å². The molecule has 2 rings (SSSR count). The lowest BCUT2D eigenvalue weighted by molar-refractivity contribution is 0.546. The van der Waals surface area contributed by atoms with Crippen LogP contribution in [0.1, 0.15) is 39.1 Å². The average Bonchev–Trinajstić information content (AvgIpc) is 2.40. The molecule has 0 aromatic carbocycles. The second-order valence-electron chi connectivity index (χ2n) is 6.04. The van der Waals surface area contributed by atoms with E-state index in [1.165, 1.54) is 12.3 Å². The van der Waals surface area contributed by atoms with Crippen molar-refractivity contribution >= 4 is 5.82 Å². The Hall–Kier alpha value is -2.04. The van der Waals surface area contributed by atoms with Crippen LogP contribution in [0, 0.1) is 12.7 Å². The summed E-state index contributed by atoms with van der Waals surface area (Å²) in [6.07, 6.45) is 2.82. The fourth-order valence-corrected chi connectivity index (χ4v) is 2.01. The third-order valence-corrected chi connectivity index (χ3v) is 3.14. The first-order valence-corrected chi connectivity index (χ1v) is 7.07. The summed E-state index contributed by atoms with van der Waals surface area (Å²) in [7, 11) is 0. The van der Waals surface area contributed by atoms with E-state index >= 15 is 0 Å². The van der Waals surface area contributed by atoms with Crippen molar-refractivity contribution in [3.05, 3.63) is 35.7 Å². The van der Waals surface area contributed by atoms with Crippen LogP contribution in [0.25, 0.3) is 11.3 Å². The number of hydrogen-bond acceptors (Lipinski definition) is 4. The topological polar surface area (TPSA) is 50.7 Å². The maximum atomic E-state index is 13.4. The van der Waals surface area contributed by atoms with E-state index in [2.05, 4.69) is 41.0 Å². The lowest BCUT2D eigenvalue weighted by Crippen LogP contribution is -2.19. The standard InChI is InChI=1S/C16H21FN4/c1-6-19-14-10(2)13(11-7-12(17)9-18-8-11)20-15(21-14)16(3,4)5/h7-9H,6H2,1-5H3,(H,19,20,21). The van der Waals surface area contributed by atoms with Crippen molar-refractivity contribution in [3.8, 4) is 11.3 Å². The Balaban J connectivity index is 2.66. The molecule has 0 atom stereocenters. The lowest BCUT2D eigenvalue weighted by Gasteiger charge is -2.20. The highest BCUT2D eigenvalue weighted by Gasteiger charge is 2.21. The number of anilines is 1. The van der Waals surface area contributed by atoms with E-state index in [0.29, 0.717) is 5.56 Å². The number of halogens is 1. The van der Waals surface area contributed by atoms with Gasteiger partial charge < -0.3 is 5.32 Å². The van der Waals surface area contributed by atoms with Crippen LogP contribution in [0.5, 0.6) is 0 Å². The van der Waals surface area contributed by atoms with Gasteiger partial charge in [0.1, 0.15) is 17.5 Å². The zero-order valence-electron chi connectivity index (χ0n) is 13.2. The molecule has 0 bridgehead atoms. The van der Waals surface area contributed by atoms with E-state index in [4.69, 9.17) is 0 Å².